The third kappa shape index (κ3) is 3.62. The van der Waals surface area contributed by atoms with Crippen molar-refractivity contribution in [2.45, 2.75) is 23.5 Å². The molecule has 1 aliphatic heterocycles. The second kappa shape index (κ2) is 6.27. The highest BCUT2D eigenvalue weighted by molar-refractivity contribution is 8.01. The third-order valence-electron chi connectivity index (χ3n) is 2.46. The summed E-state index contributed by atoms with van der Waals surface area (Å²) in [5.41, 5.74) is 2.96. The Morgan fingerprint density at radius 2 is 2.37 bits per heavy atom. The van der Waals surface area contributed by atoms with Crippen LogP contribution in [-0.4, -0.2) is 23.7 Å². The Morgan fingerprint density at radius 1 is 1.58 bits per heavy atom. The molecule has 0 spiro atoms. The van der Waals surface area contributed by atoms with E-state index in [1.54, 1.807) is 19.1 Å². The van der Waals surface area contributed by atoms with Gasteiger partial charge in [0.05, 0.1) is 17.5 Å². The summed E-state index contributed by atoms with van der Waals surface area (Å²) >= 11 is 7.21. The first-order chi connectivity index (χ1) is 9.10. The molecule has 1 aromatic carbocycles. The lowest BCUT2D eigenvalue weighted by molar-refractivity contribution is -0.134. The van der Waals surface area contributed by atoms with Crippen LogP contribution in [0.5, 0.6) is 0 Å². The molecule has 7 heteroatoms. The van der Waals surface area contributed by atoms with Crippen molar-refractivity contribution in [2.75, 3.05) is 11.9 Å². The minimum absolute atomic E-state index is 0.0680. The molecule has 5 nitrogen and oxygen atoms in total. The van der Waals surface area contributed by atoms with Crippen molar-refractivity contribution in [1.29, 1.82) is 0 Å². The fraction of sp³-hybridized carbons (Fsp3) is 0.333. The highest BCUT2D eigenvalue weighted by Gasteiger charge is 2.29. The van der Waals surface area contributed by atoms with E-state index in [0.29, 0.717) is 17.3 Å². The number of rotatable bonds is 4. The van der Waals surface area contributed by atoms with Crippen LogP contribution in [0.3, 0.4) is 0 Å². The van der Waals surface area contributed by atoms with Crippen molar-refractivity contribution in [3.8, 4) is 0 Å². The van der Waals surface area contributed by atoms with Crippen LogP contribution in [0, 0.1) is 0 Å². The van der Waals surface area contributed by atoms with Crippen molar-refractivity contribution < 1.29 is 14.4 Å². The van der Waals surface area contributed by atoms with Gasteiger partial charge in [-0.15, -0.1) is 11.8 Å². The van der Waals surface area contributed by atoms with Crippen LogP contribution in [0.15, 0.2) is 23.1 Å². The van der Waals surface area contributed by atoms with E-state index in [0.717, 1.165) is 4.90 Å². The first-order valence-corrected chi connectivity index (χ1v) is 7.03. The van der Waals surface area contributed by atoms with Crippen molar-refractivity contribution in [3.05, 3.63) is 23.2 Å². The zero-order valence-corrected chi connectivity index (χ0v) is 11.8. The summed E-state index contributed by atoms with van der Waals surface area (Å²) in [6.45, 7) is 2.15. The fourth-order valence-corrected chi connectivity index (χ4v) is 2.88. The Bertz CT molecular complexity index is 510. The quantitative estimate of drug-likeness (QED) is 0.837. The summed E-state index contributed by atoms with van der Waals surface area (Å²) < 4.78 is 0. The van der Waals surface area contributed by atoms with Crippen molar-refractivity contribution in [1.82, 2.24) is 5.48 Å². The molecule has 2 amide bonds. The number of anilines is 1. The number of thioether (sulfide) groups is 1. The van der Waals surface area contributed by atoms with E-state index in [-0.39, 0.29) is 18.2 Å². The van der Waals surface area contributed by atoms with Gasteiger partial charge in [-0.1, -0.05) is 11.6 Å². The summed E-state index contributed by atoms with van der Waals surface area (Å²) in [5, 5.41) is 2.85. The van der Waals surface area contributed by atoms with E-state index in [1.165, 1.54) is 11.8 Å². The van der Waals surface area contributed by atoms with Gasteiger partial charge in [0, 0.05) is 16.3 Å². The fourth-order valence-electron chi connectivity index (χ4n) is 1.62. The van der Waals surface area contributed by atoms with Crippen LogP contribution in [-0.2, 0) is 14.4 Å². The Kier molecular flexibility index (Phi) is 4.68. The van der Waals surface area contributed by atoms with Gasteiger partial charge in [-0.3, -0.25) is 14.4 Å². The SMILES string of the molecule is CCONC(=O)CC1Sc2ccc(Cl)cc2NC1=O. The molecule has 1 unspecified atom stereocenters. The van der Waals surface area contributed by atoms with E-state index >= 15 is 0 Å². The Labute approximate surface area is 120 Å². The molecule has 0 fully saturated rings. The molecular weight excluding hydrogens is 288 g/mol. The van der Waals surface area contributed by atoms with Gasteiger partial charge in [0.25, 0.3) is 0 Å². The molecule has 1 atom stereocenters. The molecule has 1 aromatic rings. The van der Waals surface area contributed by atoms with Crippen LogP contribution in [0.25, 0.3) is 0 Å². The maximum atomic E-state index is 11.9. The normalized spacial score (nSPS) is 17.6. The number of amides is 2. The lowest BCUT2D eigenvalue weighted by Gasteiger charge is -2.23. The van der Waals surface area contributed by atoms with E-state index in [4.69, 9.17) is 16.4 Å². The third-order valence-corrected chi connectivity index (χ3v) is 3.97. The van der Waals surface area contributed by atoms with Crippen LogP contribution in [0.4, 0.5) is 5.69 Å². The van der Waals surface area contributed by atoms with E-state index in [2.05, 4.69) is 10.8 Å². The molecule has 0 bridgehead atoms. The first-order valence-electron chi connectivity index (χ1n) is 5.78. The number of carbonyl (C=O) groups excluding carboxylic acids is 2. The van der Waals surface area contributed by atoms with Crippen LogP contribution >= 0.6 is 23.4 Å². The topological polar surface area (TPSA) is 67.4 Å². The molecule has 0 radical (unpaired) electrons. The molecule has 1 heterocycles. The number of benzene rings is 1. The molecule has 2 rings (SSSR count). The minimum Gasteiger partial charge on any atom is -0.324 e. The number of hydrogen-bond donors (Lipinski definition) is 2. The van der Waals surface area contributed by atoms with Gasteiger partial charge in [0.2, 0.25) is 11.8 Å². The molecule has 0 saturated carbocycles. The Morgan fingerprint density at radius 3 is 3.11 bits per heavy atom. The zero-order valence-electron chi connectivity index (χ0n) is 10.2. The number of nitrogens with one attached hydrogen (secondary N) is 2. The zero-order chi connectivity index (χ0) is 13.8. The average Bonchev–Trinajstić information content (AvgIpc) is 2.37. The maximum Gasteiger partial charge on any atom is 0.245 e. The monoisotopic (exact) mass is 300 g/mol. The number of hydroxylamine groups is 1. The molecule has 2 N–H and O–H groups in total. The standard InChI is InChI=1S/C12H13ClN2O3S/c1-2-18-15-11(16)6-10-12(17)14-8-5-7(13)3-4-9(8)19-10/h3-5,10H,2,6H2,1H3,(H,14,17)(H,15,16). The van der Waals surface area contributed by atoms with Gasteiger partial charge >= 0.3 is 0 Å². The Balaban J connectivity index is 2.03. The lowest BCUT2D eigenvalue weighted by atomic mass is 10.2. The molecule has 19 heavy (non-hydrogen) atoms. The second-order valence-corrected chi connectivity index (χ2v) is 5.58. The maximum absolute atomic E-state index is 11.9. The summed E-state index contributed by atoms with van der Waals surface area (Å²) in [4.78, 5) is 29.1. The average molecular weight is 301 g/mol. The molecule has 1 aliphatic rings. The van der Waals surface area contributed by atoms with Crippen LogP contribution < -0.4 is 10.8 Å². The number of fused-ring (bicyclic) bond motifs is 1. The van der Waals surface area contributed by atoms with Gasteiger partial charge in [0.1, 0.15) is 0 Å². The molecule has 0 saturated heterocycles. The summed E-state index contributed by atoms with van der Waals surface area (Å²) in [5.74, 6) is -0.515. The Hall–Kier alpha value is -1.24. The van der Waals surface area contributed by atoms with Gasteiger partial charge in [-0.2, -0.15) is 0 Å². The summed E-state index contributed by atoms with van der Waals surface area (Å²) in [6, 6.07) is 5.27. The first kappa shape index (κ1) is 14.2. The van der Waals surface area contributed by atoms with E-state index < -0.39 is 5.25 Å². The van der Waals surface area contributed by atoms with Crippen LogP contribution in [0.2, 0.25) is 5.02 Å². The van der Waals surface area contributed by atoms with E-state index in [9.17, 15) is 9.59 Å². The predicted molar refractivity (Wildman–Crippen MR) is 74.1 cm³/mol. The van der Waals surface area contributed by atoms with Gasteiger partial charge in [-0.25, -0.2) is 5.48 Å². The van der Waals surface area contributed by atoms with Crippen molar-refractivity contribution >= 4 is 40.9 Å². The number of hydrogen-bond acceptors (Lipinski definition) is 4. The van der Waals surface area contributed by atoms with Gasteiger partial charge in [-0.05, 0) is 25.1 Å². The smallest absolute Gasteiger partial charge is 0.245 e. The van der Waals surface area contributed by atoms with Crippen molar-refractivity contribution in [3.63, 3.8) is 0 Å². The molecule has 102 valence electrons. The number of halogens is 1. The molecule has 0 aliphatic carbocycles. The van der Waals surface area contributed by atoms with Crippen molar-refractivity contribution in [2.24, 2.45) is 0 Å². The second-order valence-electron chi connectivity index (χ2n) is 3.90. The summed E-state index contributed by atoms with van der Waals surface area (Å²) in [6.07, 6.45) is 0.0680. The highest BCUT2D eigenvalue weighted by Crippen LogP contribution is 2.38. The molecule has 0 aromatic heterocycles. The van der Waals surface area contributed by atoms with Gasteiger partial charge < -0.3 is 5.32 Å². The summed E-state index contributed by atoms with van der Waals surface area (Å²) in [7, 11) is 0. The van der Waals surface area contributed by atoms with Gasteiger partial charge in [0.15, 0.2) is 0 Å². The minimum atomic E-state index is -0.464. The molecular formula is C12H13ClN2O3S. The van der Waals surface area contributed by atoms with Crippen LogP contribution in [0.1, 0.15) is 13.3 Å². The lowest BCUT2D eigenvalue weighted by Crippen LogP contribution is -2.34. The van der Waals surface area contributed by atoms with E-state index in [1.807, 2.05) is 6.07 Å². The predicted octanol–water partition coefficient (Wildman–Crippen LogP) is 2.21. The largest absolute Gasteiger partial charge is 0.324 e. The number of carbonyl (C=O) groups is 2. The highest BCUT2D eigenvalue weighted by atomic mass is 35.5.